The van der Waals surface area contributed by atoms with Crippen LogP contribution in [-0.2, 0) is 17.8 Å². The van der Waals surface area contributed by atoms with Crippen LogP contribution in [0.4, 0.5) is 0 Å². The monoisotopic (exact) mass is 519 g/mol. The zero-order chi connectivity index (χ0) is 26.5. The summed E-state index contributed by atoms with van der Waals surface area (Å²) in [5.74, 6) is 1.68. The zero-order valence-electron chi connectivity index (χ0n) is 21.6. The molecule has 0 fully saturated rings. The summed E-state index contributed by atoms with van der Waals surface area (Å²) in [5.41, 5.74) is 4.68. The molecule has 2 aromatic carbocycles. The van der Waals surface area contributed by atoms with Crippen molar-refractivity contribution in [3.8, 4) is 40.2 Å². The van der Waals surface area contributed by atoms with Gasteiger partial charge < -0.3 is 23.8 Å². The van der Waals surface area contributed by atoms with Gasteiger partial charge in [0.2, 0.25) is 0 Å². The fourth-order valence-electron chi connectivity index (χ4n) is 4.37. The van der Waals surface area contributed by atoms with E-state index in [9.17, 15) is 10.1 Å². The van der Waals surface area contributed by atoms with Crippen LogP contribution in [0.1, 0.15) is 22.4 Å². The van der Waals surface area contributed by atoms with Gasteiger partial charge in [-0.1, -0.05) is 23.9 Å². The second kappa shape index (κ2) is 11.5. The first kappa shape index (κ1) is 26.3. The number of aryl methyl sites for hydroxylation is 1. The van der Waals surface area contributed by atoms with E-state index < -0.39 is 5.97 Å². The lowest BCUT2D eigenvalue weighted by Gasteiger charge is -2.28. The minimum Gasteiger partial charge on any atom is -0.496 e. The van der Waals surface area contributed by atoms with E-state index in [1.807, 2.05) is 32.2 Å². The Hall–Kier alpha value is -3.74. The van der Waals surface area contributed by atoms with Gasteiger partial charge in [0.1, 0.15) is 22.6 Å². The number of nitrogens with zero attached hydrogens (tertiary/aromatic N) is 3. The van der Waals surface area contributed by atoms with E-state index in [4.69, 9.17) is 23.9 Å². The number of fused-ring (bicyclic) bond motifs is 1. The summed E-state index contributed by atoms with van der Waals surface area (Å²) in [4.78, 5) is 19.7. The van der Waals surface area contributed by atoms with Gasteiger partial charge in [-0.05, 0) is 43.3 Å². The molecule has 0 aliphatic carbocycles. The van der Waals surface area contributed by atoms with Crippen LogP contribution in [-0.4, -0.2) is 56.5 Å². The minimum atomic E-state index is -0.413. The number of carbonyl (C=O) groups is 1. The summed E-state index contributed by atoms with van der Waals surface area (Å²) < 4.78 is 22.2. The Bertz CT molecular complexity index is 1370. The first-order valence-electron chi connectivity index (χ1n) is 11.7. The molecule has 0 bridgehead atoms. The zero-order valence-corrected chi connectivity index (χ0v) is 22.4. The Balaban J connectivity index is 1.78. The molecule has 8 nitrogen and oxygen atoms in total. The van der Waals surface area contributed by atoms with Crippen LogP contribution in [0, 0.1) is 18.3 Å². The number of carbonyl (C=O) groups excluding carboxylic acids is 1. The number of hydrogen-bond acceptors (Lipinski definition) is 9. The highest BCUT2D eigenvalue weighted by Gasteiger charge is 2.28. The van der Waals surface area contributed by atoms with Gasteiger partial charge in [-0.2, -0.15) is 5.26 Å². The van der Waals surface area contributed by atoms with Crippen molar-refractivity contribution in [3.05, 3.63) is 58.8 Å². The fourth-order valence-corrected chi connectivity index (χ4v) is 5.15. The molecular formula is C28H29N3O5S. The Kier molecular flexibility index (Phi) is 8.21. The van der Waals surface area contributed by atoms with E-state index >= 15 is 0 Å². The number of benzene rings is 2. The largest absolute Gasteiger partial charge is 0.496 e. The lowest BCUT2D eigenvalue weighted by atomic mass is 9.91. The second-order valence-corrected chi connectivity index (χ2v) is 9.64. The molecule has 1 aliphatic rings. The molecule has 1 aromatic heterocycles. The molecule has 0 saturated carbocycles. The maximum absolute atomic E-state index is 12.6. The van der Waals surface area contributed by atoms with Crippen molar-refractivity contribution in [1.29, 1.82) is 5.26 Å². The lowest BCUT2D eigenvalue weighted by Crippen LogP contribution is -2.28. The second-order valence-electron chi connectivity index (χ2n) is 8.68. The Morgan fingerprint density at radius 2 is 1.84 bits per heavy atom. The van der Waals surface area contributed by atoms with Crippen LogP contribution >= 0.6 is 11.8 Å². The molecule has 0 saturated heterocycles. The highest BCUT2D eigenvalue weighted by atomic mass is 32.2. The molecule has 0 spiro atoms. The van der Waals surface area contributed by atoms with Gasteiger partial charge in [-0.25, -0.2) is 4.98 Å². The van der Waals surface area contributed by atoms with Gasteiger partial charge in [0, 0.05) is 42.4 Å². The van der Waals surface area contributed by atoms with Crippen molar-refractivity contribution in [1.82, 2.24) is 9.88 Å². The number of likely N-dealkylation sites (N-methyl/N-ethyl adjacent to an activating group) is 1. The molecule has 0 radical (unpaired) electrons. The average molecular weight is 520 g/mol. The number of esters is 1. The minimum absolute atomic E-state index is 0.0107. The number of pyridine rings is 1. The molecule has 0 N–H and O–H groups in total. The Labute approximate surface area is 221 Å². The molecule has 0 amide bonds. The van der Waals surface area contributed by atoms with Gasteiger partial charge in [0.05, 0.1) is 32.6 Å². The van der Waals surface area contributed by atoms with Crippen LogP contribution in [0.25, 0.3) is 11.1 Å². The van der Waals surface area contributed by atoms with E-state index in [1.54, 1.807) is 39.5 Å². The van der Waals surface area contributed by atoms with Crippen molar-refractivity contribution < 1.29 is 23.7 Å². The summed E-state index contributed by atoms with van der Waals surface area (Å²) in [5, 5.41) is 10.8. The van der Waals surface area contributed by atoms with Crippen LogP contribution in [0.15, 0.2) is 41.4 Å². The van der Waals surface area contributed by atoms with Gasteiger partial charge in [-0.3, -0.25) is 4.79 Å². The standard InChI is InChI=1S/C28H29N3O5S/c1-17-7-6-8-18(11-17)36-26(32)16-37-28-20(14-29)27(21-15-31(2)10-9-22(21)30-28)19-12-24(34-4)25(35-5)13-23(19)33-3/h6-8,11-13H,9-10,15-16H2,1-5H3. The molecule has 4 rings (SSSR count). The van der Waals surface area contributed by atoms with Crippen LogP contribution in [0.5, 0.6) is 23.0 Å². The molecular weight excluding hydrogens is 490 g/mol. The quantitative estimate of drug-likeness (QED) is 0.240. The van der Waals surface area contributed by atoms with Gasteiger partial charge in [0.25, 0.3) is 0 Å². The molecule has 0 unspecified atom stereocenters. The highest BCUT2D eigenvalue weighted by molar-refractivity contribution is 7.99. The third-order valence-corrected chi connectivity index (χ3v) is 7.09. The molecule has 2 heterocycles. The van der Waals surface area contributed by atoms with Crippen molar-refractivity contribution in [2.45, 2.75) is 24.9 Å². The predicted molar refractivity (Wildman–Crippen MR) is 142 cm³/mol. The number of nitriles is 1. The molecule has 0 atom stereocenters. The maximum atomic E-state index is 12.6. The average Bonchev–Trinajstić information content (AvgIpc) is 2.90. The smallest absolute Gasteiger partial charge is 0.321 e. The number of rotatable bonds is 8. The molecule has 1 aliphatic heterocycles. The fraction of sp³-hybridized carbons (Fsp3) is 0.321. The van der Waals surface area contributed by atoms with Crippen molar-refractivity contribution in [3.63, 3.8) is 0 Å². The molecule has 9 heteroatoms. The van der Waals surface area contributed by atoms with Crippen molar-refractivity contribution >= 4 is 17.7 Å². The van der Waals surface area contributed by atoms with Gasteiger partial charge >= 0.3 is 5.97 Å². The van der Waals surface area contributed by atoms with Crippen molar-refractivity contribution in [2.24, 2.45) is 0 Å². The number of ether oxygens (including phenoxy) is 4. The highest BCUT2D eigenvalue weighted by Crippen LogP contribution is 2.45. The van der Waals surface area contributed by atoms with E-state index in [0.717, 1.165) is 35.3 Å². The lowest BCUT2D eigenvalue weighted by molar-refractivity contribution is -0.131. The van der Waals surface area contributed by atoms with Gasteiger partial charge in [0.15, 0.2) is 11.5 Å². The number of thioether (sulfide) groups is 1. The third-order valence-electron chi connectivity index (χ3n) is 6.14. The molecule has 37 heavy (non-hydrogen) atoms. The summed E-state index contributed by atoms with van der Waals surface area (Å²) >= 11 is 1.20. The summed E-state index contributed by atoms with van der Waals surface area (Å²) in [6.07, 6.45) is 0.724. The summed E-state index contributed by atoms with van der Waals surface area (Å²) in [6, 6.07) is 13.2. The molecule has 192 valence electrons. The van der Waals surface area contributed by atoms with Crippen LogP contribution in [0.2, 0.25) is 0 Å². The normalized spacial score (nSPS) is 12.9. The first-order chi connectivity index (χ1) is 17.9. The van der Waals surface area contributed by atoms with Crippen LogP contribution < -0.4 is 18.9 Å². The predicted octanol–water partition coefficient (Wildman–Crippen LogP) is 4.64. The van der Waals surface area contributed by atoms with E-state index in [1.165, 1.54) is 11.8 Å². The number of hydrogen-bond donors (Lipinski definition) is 0. The van der Waals surface area contributed by atoms with E-state index in [2.05, 4.69) is 11.0 Å². The summed E-state index contributed by atoms with van der Waals surface area (Å²) in [6.45, 7) is 3.40. The number of aromatic nitrogens is 1. The third kappa shape index (κ3) is 5.66. The number of methoxy groups -OCH3 is 3. The van der Waals surface area contributed by atoms with E-state index in [-0.39, 0.29) is 5.75 Å². The van der Waals surface area contributed by atoms with Crippen molar-refractivity contribution in [2.75, 3.05) is 40.7 Å². The Morgan fingerprint density at radius 1 is 1.11 bits per heavy atom. The molecule has 3 aromatic rings. The summed E-state index contributed by atoms with van der Waals surface area (Å²) in [7, 11) is 6.74. The van der Waals surface area contributed by atoms with E-state index in [0.29, 0.717) is 45.7 Å². The maximum Gasteiger partial charge on any atom is 0.321 e. The first-order valence-corrected chi connectivity index (χ1v) is 12.7. The SMILES string of the molecule is COc1cc(OC)c(-c2c(C#N)c(SCC(=O)Oc3cccc(C)c3)nc3c2CN(C)CC3)cc1OC. The van der Waals surface area contributed by atoms with Crippen LogP contribution in [0.3, 0.4) is 0 Å². The Morgan fingerprint density at radius 3 is 2.51 bits per heavy atom. The van der Waals surface area contributed by atoms with Gasteiger partial charge in [-0.15, -0.1) is 0 Å². The topological polar surface area (TPSA) is 93.9 Å².